The van der Waals surface area contributed by atoms with Gasteiger partial charge in [-0.3, -0.25) is 4.90 Å². The molecule has 0 radical (unpaired) electrons. The Hall–Kier alpha value is -1.55. The van der Waals surface area contributed by atoms with Gasteiger partial charge in [0.25, 0.3) is 0 Å². The summed E-state index contributed by atoms with van der Waals surface area (Å²) in [5, 5.41) is 9.76. The Morgan fingerprint density at radius 3 is 3.14 bits per heavy atom. The molecule has 4 heteroatoms. The molecule has 4 bridgehead atoms. The summed E-state index contributed by atoms with van der Waals surface area (Å²) in [6.45, 7) is 4.79. The van der Waals surface area contributed by atoms with Crippen LogP contribution in [0, 0.1) is 11.8 Å². The first kappa shape index (κ1) is 12.9. The second-order valence-corrected chi connectivity index (χ2v) is 7.43. The molecule has 22 heavy (non-hydrogen) atoms. The number of H-pyrrole nitrogens is 1. The van der Waals surface area contributed by atoms with Gasteiger partial charge in [0.15, 0.2) is 0 Å². The zero-order valence-corrected chi connectivity index (χ0v) is 13.0. The lowest BCUT2D eigenvalue weighted by molar-refractivity contribution is -0.0134. The van der Waals surface area contributed by atoms with Gasteiger partial charge in [0.05, 0.1) is 11.0 Å². The van der Waals surface area contributed by atoms with E-state index in [0.29, 0.717) is 12.0 Å². The van der Waals surface area contributed by atoms with Crippen molar-refractivity contribution in [2.24, 2.45) is 11.8 Å². The average Bonchev–Trinajstić information content (AvgIpc) is 2.85. The number of hydrogen-bond acceptors (Lipinski definition) is 3. The zero-order valence-electron chi connectivity index (χ0n) is 13.0. The van der Waals surface area contributed by atoms with Crippen molar-refractivity contribution in [3.8, 4) is 5.88 Å². The molecule has 3 fully saturated rings. The van der Waals surface area contributed by atoms with Crippen molar-refractivity contribution in [1.82, 2.24) is 14.9 Å². The third kappa shape index (κ3) is 1.64. The largest absolute Gasteiger partial charge is 0.493 e. The van der Waals surface area contributed by atoms with E-state index >= 15 is 0 Å². The number of pyridine rings is 1. The molecule has 0 spiro atoms. The maximum Gasteiger partial charge on any atom is 0.211 e. The molecular weight excluding hydrogens is 274 g/mol. The molecule has 5 heterocycles. The fourth-order valence-electron chi connectivity index (χ4n) is 5.54. The molecule has 0 amide bonds. The minimum atomic E-state index is 0.134. The highest BCUT2D eigenvalue weighted by Gasteiger charge is 2.48. The molecule has 3 aliphatic heterocycles. The maximum atomic E-state index is 9.76. The number of nitrogens with one attached hydrogen (secondary N) is 1. The summed E-state index contributed by atoms with van der Waals surface area (Å²) in [7, 11) is 0. The van der Waals surface area contributed by atoms with Crippen LogP contribution in [0.4, 0.5) is 0 Å². The smallest absolute Gasteiger partial charge is 0.211 e. The summed E-state index contributed by atoms with van der Waals surface area (Å²) in [5.41, 5.74) is 4.86. The minimum absolute atomic E-state index is 0.134. The molecule has 1 saturated carbocycles. The number of hydrogen-bond donors (Lipinski definition) is 2. The zero-order chi connectivity index (χ0) is 14.8. The number of aromatic hydroxyl groups is 1. The van der Waals surface area contributed by atoms with Crippen LogP contribution in [-0.2, 0) is 6.42 Å². The van der Waals surface area contributed by atoms with Gasteiger partial charge < -0.3 is 10.1 Å². The van der Waals surface area contributed by atoms with E-state index in [1.165, 1.54) is 37.1 Å². The Morgan fingerprint density at radius 1 is 1.36 bits per heavy atom. The van der Waals surface area contributed by atoms with Crippen LogP contribution in [0.15, 0.2) is 12.1 Å². The minimum Gasteiger partial charge on any atom is -0.493 e. The molecule has 2 aromatic heterocycles. The monoisotopic (exact) mass is 297 g/mol. The van der Waals surface area contributed by atoms with Gasteiger partial charge in [-0.2, -0.15) is 0 Å². The fourth-order valence-corrected chi connectivity index (χ4v) is 5.54. The van der Waals surface area contributed by atoms with Crippen LogP contribution in [0.1, 0.15) is 43.4 Å². The van der Waals surface area contributed by atoms with Gasteiger partial charge in [-0.25, -0.2) is 4.98 Å². The molecule has 2 saturated heterocycles. The second kappa shape index (κ2) is 4.48. The second-order valence-electron chi connectivity index (χ2n) is 7.43. The van der Waals surface area contributed by atoms with E-state index in [4.69, 9.17) is 0 Å². The van der Waals surface area contributed by atoms with Crippen LogP contribution in [0.25, 0.3) is 11.0 Å². The van der Waals surface area contributed by atoms with Gasteiger partial charge in [-0.15, -0.1) is 0 Å². The summed E-state index contributed by atoms with van der Waals surface area (Å²) >= 11 is 0. The molecule has 2 aromatic rings. The Kier molecular flexibility index (Phi) is 2.63. The van der Waals surface area contributed by atoms with Gasteiger partial charge in [0.2, 0.25) is 5.88 Å². The van der Waals surface area contributed by atoms with Crippen LogP contribution >= 0.6 is 0 Å². The molecule has 0 aromatic carbocycles. The van der Waals surface area contributed by atoms with Gasteiger partial charge in [0, 0.05) is 42.4 Å². The molecule has 4 nitrogen and oxygen atoms in total. The highest BCUT2D eigenvalue weighted by Crippen LogP contribution is 2.50. The number of nitrogens with zero attached hydrogens (tertiary/aromatic N) is 2. The normalized spacial score (nSPS) is 36.3. The molecule has 6 rings (SSSR count). The third-order valence-electron chi connectivity index (χ3n) is 6.34. The molecule has 5 atom stereocenters. The lowest BCUT2D eigenvalue weighted by Crippen LogP contribution is -2.56. The fraction of sp³-hybridized carbons (Fsp3) is 0.611. The van der Waals surface area contributed by atoms with Crippen LogP contribution < -0.4 is 0 Å². The molecule has 1 aliphatic carbocycles. The SMILES string of the molecule is CCC1CC2CC3c4[nH]c5ccc(O)nc5c4CCN(C2)C13. The van der Waals surface area contributed by atoms with Crippen LogP contribution in [-0.4, -0.2) is 39.1 Å². The Labute approximate surface area is 130 Å². The van der Waals surface area contributed by atoms with Crippen LogP contribution in [0.2, 0.25) is 0 Å². The highest BCUT2D eigenvalue weighted by molar-refractivity contribution is 5.81. The third-order valence-corrected chi connectivity index (χ3v) is 6.34. The van der Waals surface area contributed by atoms with E-state index in [1.54, 1.807) is 6.07 Å². The first-order valence-corrected chi connectivity index (χ1v) is 8.69. The highest BCUT2D eigenvalue weighted by atomic mass is 16.3. The Morgan fingerprint density at radius 2 is 2.27 bits per heavy atom. The van der Waals surface area contributed by atoms with E-state index < -0.39 is 0 Å². The van der Waals surface area contributed by atoms with Crippen molar-refractivity contribution < 1.29 is 5.11 Å². The number of fused-ring (bicyclic) bond motifs is 4. The van der Waals surface area contributed by atoms with E-state index in [9.17, 15) is 5.11 Å². The van der Waals surface area contributed by atoms with Crippen LogP contribution in [0.3, 0.4) is 0 Å². The van der Waals surface area contributed by atoms with E-state index in [-0.39, 0.29) is 5.88 Å². The molecule has 5 unspecified atom stereocenters. The lowest BCUT2D eigenvalue weighted by Gasteiger charge is -2.53. The average molecular weight is 297 g/mol. The van der Waals surface area contributed by atoms with Gasteiger partial charge in [-0.1, -0.05) is 13.3 Å². The first-order chi connectivity index (χ1) is 10.7. The van der Waals surface area contributed by atoms with Crippen molar-refractivity contribution in [1.29, 1.82) is 0 Å². The standard InChI is InChI=1S/C18H23N3O/c1-2-11-7-10-8-13-16-12(5-6-21(9-10)18(11)13)17-14(19-16)3-4-15(22)20-17/h3-4,10-11,13,18-19H,2,5-9H2,1H3,(H,20,22). The molecule has 2 N–H and O–H groups in total. The number of piperidine rings is 2. The summed E-state index contributed by atoms with van der Waals surface area (Å²) in [4.78, 5) is 10.8. The van der Waals surface area contributed by atoms with E-state index in [2.05, 4.69) is 21.8 Å². The van der Waals surface area contributed by atoms with E-state index in [1.807, 2.05) is 6.07 Å². The topological polar surface area (TPSA) is 52.1 Å². The Bertz CT molecular complexity index is 737. The number of rotatable bonds is 1. The number of aromatic amines is 1. The quantitative estimate of drug-likeness (QED) is 0.850. The summed E-state index contributed by atoms with van der Waals surface area (Å²) in [6, 6.07) is 4.37. The first-order valence-electron chi connectivity index (χ1n) is 8.69. The summed E-state index contributed by atoms with van der Waals surface area (Å²) in [6.07, 6.45) is 5.09. The van der Waals surface area contributed by atoms with E-state index in [0.717, 1.165) is 35.8 Å². The predicted octanol–water partition coefficient (Wildman–Crippen LogP) is 3.03. The molecule has 4 aliphatic rings. The van der Waals surface area contributed by atoms with Crippen molar-refractivity contribution in [3.05, 3.63) is 23.4 Å². The predicted molar refractivity (Wildman–Crippen MR) is 86.1 cm³/mol. The number of aromatic nitrogens is 2. The van der Waals surface area contributed by atoms with Gasteiger partial charge >= 0.3 is 0 Å². The van der Waals surface area contributed by atoms with Crippen molar-refractivity contribution in [2.75, 3.05) is 13.1 Å². The van der Waals surface area contributed by atoms with Crippen molar-refractivity contribution in [3.63, 3.8) is 0 Å². The van der Waals surface area contributed by atoms with Gasteiger partial charge in [-0.05, 0) is 37.2 Å². The van der Waals surface area contributed by atoms with Gasteiger partial charge in [0.1, 0.15) is 0 Å². The Balaban J connectivity index is 1.69. The molecule has 116 valence electrons. The van der Waals surface area contributed by atoms with Crippen LogP contribution in [0.5, 0.6) is 5.88 Å². The van der Waals surface area contributed by atoms with Crippen molar-refractivity contribution >= 4 is 11.0 Å². The maximum absolute atomic E-state index is 9.76. The van der Waals surface area contributed by atoms with Crippen molar-refractivity contribution in [2.45, 2.75) is 44.6 Å². The summed E-state index contributed by atoms with van der Waals surface area (Å²) < 4.78 is 0. The lowest BCUT2D eigenvalue weighted by atomic mass is 9.65. The molecular formula is C18H23N3O. The summed E-state index contributed by atoms with van der Waals surface area (Å²) in [5.74, 6) is 2.47.